The molecule has 0 aromatic rings. The molecule has 49 heavy (non-hydrogen) atoms. The van der Waals surface area contributed by atoms with Crippen LogP contribution in [0.1, 0.15) is 226 Å². The summed E-state index contributed by atoms with van der Waals surface area (Å²) in [7, 11) is 0. The van der Waals surface area contributed by atoms with E-state index >= 15 is 0 Å². The number of hydrogen-bond acceptors (Lipinski definition) is 5. The maximum atomic E-state index is 12.5. The van der Waals surface area contributed by atoms with Crippen LogP contribution >= 0.6 is 0 Å². The van der Waals surface area contributed by atoms with Crippen LogP contribution in [0.15, 0.2) is 12.2 Å². The molecule has 0 aliphatic heterocycles. The van der Waals surface area contributed by atoms with Crippen molar-refractivity contribution >= 4 is 5.91 Å². The molecule has 0 radical (unpaired) electrons. The Kier molecular flexibility index (Phi) is 37.5. The molecule has 0 aliphatic rings. The van der Waals surface area contributed by atoms with Crippen molar-refractivity contribution in [3.8, 4) is 0 Å². The summed E-state index contributed by atoms with van der Waals surface area (Å²) in [5.41, 5.74) is 0. The molecule has 6 heteroatoms. The van der Waals surface area contributed by atoms with Crippen molar-refractivity contribution in [3.05, 3.63) is 12.2 Å². The first-order valence-electron chi connectivity index (χ1n) is 21.6. The predicted octanol–water partition coefficient (Wildman–Crippen LogP) is 11.0. The monoisotopic (exact) mass is 696 g/mol. The van der Waals surface area contributed by atoms with Crippen LogP contribution in [0.2, 0.25) is 0 Å². The van der Waals surface area contributed by atoms with Crippen LogP contribution in [0.5, 0.6) is 0 Å². The Labute approximate surface area is 304 Å². The molecule has 0 bridgehead atoms. The van der Waals surface area contributed by atoms with Crippen molar-refractivity contribution < 1.29 is 25.2 Å². The fourth-order valence-corrected chi connectivity index (χ4v) is 6.76. The van der Waals surface area contributed by atoms with Gasteiger partial charge in [0.2, 0.25) is 5.91 Å². The summed E-state index contributed by atoms with van der Waals surface area (Å²) in [4.78, 5) is 12.5. The third-order valence-electron chi connectivity index (χ3n) is 10.2. The summed E-state index contributed by atoms with van der Waals surface area (Å²) < 4.78 is 0. The van der Waals surface area contributed by atoms with Gasteiger partial charge in [0.15, 0.2) is 0 Å². The van der Waals surface area contributed by atoms with E-state index in [0.29, 0.717) is 12.8 Å². The molecule has 5 N–H and O–H groups in total. The second-order valence-electron chi connectivity index (χ2n) is 15.0. The second-order valence-corrected chi connectivity index (χ2v) is 15.0. The van der Waals surface area contributed by atoms with Gasteiger partial charge in [-0.25, -0.2) is 0 Å². The van der Waals surface area contributed by atoms with Gasteiger partial charge in [-0.15, -0.1) is 0 Å². The zero-order valence-corrected chi connectivity index (χ0v) is 32.7. The van der Waals surface area contributed by atoms with Gasteiger partial charge in [-0.2, -0.15) is 0 Å². The van der Waals surface area contributed by atoms with Gasteiger partial charge in [0.05, 0.1) is 18.8 Å². The highest BCUT2D eigenvalue weighted by Crippen LogP contribution is 2.16. The average molecular weight is 696 g/mol. The molecule has 0 spiro atoms. The second kappa shape index (κ2) is 38.3. The Morgan fingerprint density at radius 2 is 0.837 bits per heavy atom. The van der Waals surface area contributed by atoms with Gasteiger partial charge in [-0.1, -0.05) is 199 Å². The number of amides is 1. The van der Waals surface area contributed by atoms with E-state index in [-0.39, 0.29) is 0 Å². The maximum Gasteiger partial charge on any atom is 0.249 e. The Morgan fingerprint density at radius 1 is 0.490 bits per heavy atom. The first-order chi connectivity index (χ1) is 24.0. The van der Waals surface area contributed by atoms with Gasteiger partial charge >= 0.3 is 0 Å². The lowest BCUT2D eigenvalue weighted by atomic mass is 10.00. The molecule has 0 aliphatic carbocycles. The summed E-state index contributed by atoms with van der Waals surface area (Å²) in [5, 5.41) is 43.6. The summed E-state index contributed by atoms with van der Waals surface area (Å²) >= 11 is 0. The van der Waals surface area contributed by atoms with Crippen molar-refractivity contribution in [2.45, 2.75) is 250 Å². The molecule has 0 saturated carbocycles. The van der Waals surface area contributed by atoms with Crippen molar-refractivity contribution in [1.82, 2.24) is 5.32 Å². The molecule has 292 valence electrons. The van der Waals surface area contributed by atoms with Crippen LogP contribution in [0.3, 0.4) is 0 Å². The lowest BCUT2D eigenvalue weighted by molar-refractivity contribution is -0.132. The number of aliphatic hydroxyl groups excluding tert-OH is 4. The smallest absolute Gasteiger partial charge is 0.249 e. The lowest BCUT2D eigenvalue weighted by Crippen LogP contribution is -2.53. The molecular formula is C43H85NO5. The fourth-order valence-electron chi connectivity index (χ4n) is 6.76. The van der Waals surface area contributed by atoms with Gasteiger partial charge in [-0.3, -0.25) is 4.79 Å². The van der Waals surface area contributed by atoms with Crippen molar-refractivity contribution in [1.29, 1.82) is 0 Å². The van der Waals surface area contributed by atoms with E-state index in [4.69, 9.17) is 0 Å². The number of allylic oxidation sites excluding steroid dienone is 2. The Morgan fingerprint density at radius 3 is 1.22 bits per heavy atom. The highest BCUT2D eigenvalue weighted by molar-refractivity contribution is 5.80. The largest absolute Gasteiger partial charge is 0.394 e. The highest BCUT2D eigenvalue weighted by Gasteiger charge is 2.28. The van der Waals surface area contributed by atoms with Crippen LogP contribution in [0.4, 0.5) is 0 Å². The third kappa shape index (κ3) is 32.7. The third-order valence-corrected chi connectivity index (χ3v) is 10.2. The first-order valence-corrected chi connectivity index (χ1v) is 21.6. The molecule has 4 unspecified atom stereocenters. The van der Waals surface area contributed by atoms with E-state index in [0.717, 1.165) is 38.5 Å². The number of unbranched alkanes of at least 4 members (excludes halogenated alkanes) is 28. The number of carbonyl (C=O) groups is 1. The maximum absolute atomic E-state index is 12.5. The molecule has 6 nitrogen and oxygen atoms in total. The quantitative estimate of drug-likeness (QED) is 0.0325. The van der Waals surface area contributed by atoms with Gasteiger partial charge in [0, 0.05) is 0 Å². The minimum atomic E-state index is -1.28. The molecule has 0 rings (SSSR count). The molecule has 0 aromatic carbocycles. The van der Waals surface area contributed by atoms with Gasteiger partial charge in [0.25, 0.3) is 0 Å². The minimum absolute atomic E-state index is 0.367. The molecule has 0 aromatic heterocycles. The van der Waals surface area contributed by atoms with Crippen LogP contribution < -0.4 is 5.32 Å². The minimum Gasteiger partial charge on any atom is -0.394 e. The zero-order valence-electron chi connectivity index (χ0n) is 32.7. The topological polar surface area (TPSA) is 110 Å². The Hall–Kier alpha value is -0.950. The van der Waals surface area contributed by atoms with E-state index in [2.05, 4.69) is 31.3 Å². The van der Waals surface area contributed by atoms with E-state index in [9.17, 15) is 25.2 Å². The number of nitrogens with one attached hydrogen (secondary N) is 1. The van der Waals surface area contributed by atoms with Crippen molar-refractivity contribution in [3.63, 3.8) is 0 Å². The summed E-state index contributed by atoms with van der Waals surface area (Å²) in [6.45, 7) is 4.04. The predicted molar refractivity (Wildman–Crippen MR) is 210 cm³/mol. The van der Waals surface area contributed by atoms with Gasteiger partial charge in [0.1, 0.15) is 12.2 Å². The number of carbonyl (C=O) groups excluding carboxylic acids is 1. The Balaban J connectivity index is 3.75. The zero-order chi connectivity index (χ0) is 36.0. The summed E-state index contributed by atoms with van der Waals surface area (Å²) in [6.07, 6.45) is 41.0. The molecular weight excluding hydrogens is 610 g/mol. The van der Waals surface area contributed by atoms with Crippen molar-refractivity contribution in [2.75, 3.05) is 6.61 Å². The van der Waals surface area contributed by atoms with Crippen LogP contribution in [0.25, 0.3) is 0 Å². The van der Waals surface area contributed by atoms with E-state index in [1.807, 2.05) is 0 Å². The van der Waals surface area contributed by atoms with E-state index in [1.54, 1.807) is 0 Å². The van der Waals surface area contributed by atoms with Crippen LogP contribution in [-0.4, -0.2) is 57.3 Å². The molecule has 0 saturated heterocycles. The molecule has 0 fully saturated rings. The molecule has 0 heterocycles. The average Bonchev–Trinajstić information content (AvgIpc) is 3.11. The SMILES string of the molecule is CCCCCCCCCCCCCCCCC/C=C/CCCC(O)C(O)C(CO)NC(=O)C(O)CCCCCCCCCCCCCCC. The Bertz CT molecular complexity index is 702. The highest BCUT2D eigenvalue weighted by atomic mass is 16.3. The molecule has 4 atom stereocenters. The number of hydrogen-bond donors (Lipinski definition) is 5. The normalized spacial score (nSPS) is 14.3. The van der Waals surface area contributed by atoms with Crippen molar-refractivity contribution in [2.24, 2.45) is 0 Å². The summed E-state index contributed by atoms with van der Waals surface area (Å²) in [6, 6.07) is -0.996. The van der Waals surface area contributed by atoms with Crippen LogP contribution in [-0.2, 0) is 4.79 Å². The van der Waals surface area contributed by atoms with E-state index < -0.39 is 36.9 Å². The lowest BCUT2D eigenvalue weighted by Gasteiger charge is -2.27. The number of rotatable bonds is 39. The fraction of sp³-hybridized carbons (Fsp3) is 0.930. The van der Waals surface area contributed by atoms with Gasteiger partial charge in [-0.05, 0) is 38.5 Å². The number of aliphatic hydroxyl groups is 4. The van der Waals surface area contributed by atoms with E-state index in [1.165, 1.54) is 161 Å². The first kappa shape index (κ1) is 48.0. The van der Waals surface area contributed by atoms with Gasteiger partial charge < -0.3 is 25.7 Å². The standard InChI is InChI=1S/C43H85NO5/c1-3-5-7-9-11-13-15-17-18-19-20-21-22-23-25-26-28-30-32-34-36-40(46)42(48)39(38-45)44-43(49)41(47)37-35-33-31-29-27-24-16-14-12-10-8-6-4-2/h28,30,39-42,45-48H,3-27,29,31-38H2,1-2H3,(H,44,49)/b30-28+. The molecule has 1 amide bonds. The van der Waals surface area contributed by atoms with Crippen LogP contribution in [0, 0.1) is 0 Å². The summed E-state index contributed by atoms with van der Waals surface area (Å²) in [5.74, 6) is -0.592.